The topological polar surface area (TPSA) is 50.4 Å². The van der Waals surface area contributed by atoms with Gasteiger partial charge in [-0.15, -0.1) is 0 Å². The van der Waals surface area contributed by atoms with Gasteiger partial charge in [-0.25, -0.2) is 9.50 Å². The molecular formula is C19H15N3O. The van der Waals surface area contributed by atoms with Crippen molar-refractivity contribution < 1.29 is 5.11 Å². The van der Waals surface area contributed by atoms with Crippen molar-refractivity contribution in [3.8, 4) is 22.5 Å². The summed E-state index contributed by atoms with van der Waals surface area (Å²) in [5.74, 6) is 0. The molecule has 0 saturated heterocycles. The summed E-state index contributed by atoms with van der Waals surface area (Å²) in [6.07, 6.45) is 1.82. The van der Waals surface area contributed by atoms with Crippen LogP contribution in [0.5, 0.6) is 0 Å². The Bertz CT molecular complexity index is 943. The molecule has 4 aromatic rings. The van der Waals surface area contributed by atoms with E-state index in [1.807, 2.05) is 77.4 Å². The van der Waals surface area contributed by atoms with Crippen LogP contribution in [0.1, 0.15) is 5.56 Å². The maximum Gasteiger partial charge on any atom is 0.154 e. The van der Waals surface area contributed by atoms with Gasteiger partial charge in [0.1, 0.15) is 0 Å². The minimum atomic E-state index is 0.0455. The van der Waals surface area contributed by atoms with E-state index in [2.05, 4.69) is 4.98 Å². The Hall–Kier alpha value is -2.98. The van der Waals surface area contributed by atoms with Crippen LogP contribution in [-0.4, -0.2) is 19.7 Å². The fourth-order valence-electron chi connectivity index (χ4n) is 2.61. The molecule has 0 aliphatic heterocycles. The van der Waals surface area contributed by atoms with Gasteiger partial charge >= 0.3 is 0 Å². The predicted octanol–water partition coefficient (Wildman–Crippen LogP) is 3.56. The molecule has 1 N–H and O–H groups in total. The van der Waals surface area contributed by atoms with E-state index >= 15 is 0 Å². The molecule has 4 heteroatoms. The van der Waals surface area contributed by atoms with Crippen LogP contribution in [0.3, 0.4) is 0 Å². The molecule has 0 amide bonds. The molecule has 0 bridgehead atoms. The van der Waals surface area contributed by atoms with E-state index < -0.39 is 0 Å². The van der Waals surface area contributed by atoms with Crippen LogP contribution in [-0.2, 0) is 6.61 Å². The van der Waals surface area contributed by atoms with Crippen LogP contribution < -0.4 is 0 Å². The second-order valence-electron chi connectivity index (χ2n) is 5.35. The number of aromatic nitrogens is 3. The molecule has 23 heavy (non-hydrogen) atoms. The van der Waals surface area contributed by atoms with Gasteiger partial charge in [0.25, 0.3) is 0 Å². The van der Waals surface area contributed by atoms with Gasteiger partial charge in [-0.2, -0.15) is 5.10 Å². The fraction of sp³-hybridized carbons (Fsp3) is 0.0526. The number of imidazole rings is 1. The van der Waals surface area contributed by atoms with E-state index in [0.717, 1.165) is 33.7 Å². The molecule has 0 fully saturated rings. The zero-order valence-corrected chi connectivity index (χ0v) is 12.4. The highest BCUT2D eigenvalue weighted by Crippen LogP contribution is 2.23. The van der Waals surface area contributed by atoms with Crippen LogP contribution in [0.25, 0.3) is 28.2 Å². The first kappa shape index (κ1) is 13.7. The first-order valence-corrected chi connectivity index (χ1v) is 7.45. The van der Waals surface area contributed by atoms with Gasteiger partial charge in [-0.3, -0.25) is 0 Å². The van der Waals surface area contributed by atoms with E-state index in [4.69, 9.17) is 10.2 Å². The summed E-state index contributed by atoms with van der Waals surface area (Å²) in [7, 11) is 0. The third kappa shape index (κ3) is 2.49. The number of hydrogen-bond acceptors (Lipinski definition) is 3. The third-order valence-corrected chi connectivity index (χ3v) is 3.86. The number of hydrogen-bond donors (Lipinski definition) is 1. The summed E-state index contributed by atoms with van der Waals surface area (Å²) in [5.41, 5.74) is 5.63. The number of benzene rings is 2. The minimum absolute atomic E-state index is 0.0455. The van der Waals surface area contributed by atoms with Gasteiger partial charge in [-0.05, 0) is 17.7 Å². The maximum absolute atomic E-state index is 9.16. The summed E-state index contributed by atoms with van der Waals surface area (Å²) in [6, 6.07) is 21.8. The van der Waals surface area contributed by atoms with Crippen molar-refractivity contribution in [1.82, 2.24) is 14.6 Å². The van der Waals surface area contributed by atoms with Crippen molar-refractivity contribution in [1.29, 1.82) is 0 Å². The van der Waals surface area contributed by atoms with E-state index in [1.165, 1.54) is 0 Å². The second kappa shape index (κ2) is 5.66. The van der Waals surface area contributed by atoms with Crippen molar-refractivity contribution >= 4 is 5.65 Å². The number of fused-ring (bicyclic) bond motifs is 1. The van der Waals surface area contributed by atoms with E-state index in [9.17, 15) is 0 Å². The van der Waals surface area contributed by atoms with Crippen LogP contribution in [0.2, 0.25) is 0 Å². The normalized spacial score (nSPS) is 11.0. The van der Waals surface area contributed by atoms with Crippen molar-refractivity contribution in [3.05, 3.63) is 78.5 Å². The zero-order valence-electron chi connectivity index (χ0n) is 12.4. The lowest BCUT2D eigenvalue weighted by atomic mass is 10.1. The molecule has 0 unspecified atom stereocenters. The molecule has 4 nitrogen and oxygen atoms in total. The lowest BCUT2D eigenvalue weighted by Gasteiger charge is -2.05. The molecule has 0 radical (unpaired) electrons. The highest BCUT2D eigenvalue weighted by molar-refractivity contribution is 5.66. The molecular weight excluding hydrogens is 286 g/mol. The van der Waals surface area contributed by atoms with E-state index in [0.29, 0.717) is 0 Å². The van der Waals surface area contributed by atoms with Crippen LogP contribution >= 0.6 is 0 Å². The average molecular weight is 301 g/mol. The molecule has 0 aliphatic carbocycles. The predicted molar refractivity (Wildman–Crippen MR) is 89.8 cm³/mol. The van der Waals surface area contributed by atoms with Gasteiger partial charge in [0.05, 0.1) is 24.2 Å². The summed E-state index contributed by atoms with van der Waals surface area (Å²) < 4.78 is 1.86. The summed E-state index contributed by atoms with van der Waals surface area (Å²) in [6.45, 7) is 0.0455. The van der Waals surface area contributed by atoms with Gasteiger partial charge in [0.15, 0.2) is 5.65 Å². The highest BCUT2D eigenvalue weighted by Gasteiger charge is 2.09. The summed E-state index contributed by atoms with van der Waals surface area (Å²) >= 11 is 0. The Balaban J connectivity index is 1.84. The van der Waals surface area contributed by atoms with Gasteiger partial charge in [0.2, 0.25) is 0 Å². The highest BCUT2D eigenvalue weighted by atomic mass is 16.3. The lowest BCUT2D eigenvalue weighted by molar-refractivity contribution is 0.282. The van der Waals surface area contributed by atoms with Crippen molar-refractivity contribution in [3.63, 3.8) is 0 Å². The quantitative estimate of drug-likeness (QED) is 0.629. The van der Waals surface area contributed by atoms with Crippen LogP contribution in [0, 0.1) is 0 Å². The molecule has 0 saturated carbocycles. The fourth-order valence-corrected chi connectivity index (χ4v) is 2.61. The Morgan fingerprint density at radius 2 is 1.61 bits per heavy atom. The first-order valence-electron chi connectivity index (χ1n) is 7.45. The van der Waals surface area contributed by atoms with Gasteiger partial charge in [-0.1, -0.05) is 54.6 Å². The van der Waals surface area contributed by atoms with Crippen molar-refractivity contribution in [2.45, 2.75) is 6.61 Å². The Morgan fingerprint density at radius 1 is 0.826 bits per heavy atom. The third-order valence-electron chi connectivity index (χ3n) is 3.86. The molecule has 0 atom stereocenters. The van der Waals surface area contributed by atoms with Crippen molar-refractivity contribution in [2.75, 3.05) is 0 Å². The zero-order chi connectivity index (χ0) is 15.6. The van der Waals surface area contributed by atoms with Gasteiger partial charge < -0.3 is 5.11 Å². The molecule has 2 aromatic carbocycles. The van der Waals surface area contributed by atoms with E-state index in [1.54, 1.807) is 0 Å². The SMILES string of the molecule is OCc1ccc(-c2cnc3ccc(-c4ccccc4)nn23)cc1. The van der Waals surface area contributed by atoms with Gasteiger partial charge in [0, 0.05) is 11.1 Å². The largest absolute Gasteiger partial charge is 0.392 e. The minimum Gasteiger partial charge on any atom is -0.392 e. The Labute approximate surface area is 133 Å². The molecule has 0 spiro atoms. The average Bonchev–Trinajstić information content (AvgIpc) is 3.05. The number of aliphatic hydroxyl groups excluding tert-OH is 1. The van der Waals surface area contributed by atoms with E-state index in [-0.39, 0.29) is 6.61 Å². The van der Waals surface area contributed by atoms with Crippen molar-refractivity contribution in [2.24, 2.45) is 0 Å². The molecule has 2 heterocycles. The van der Waals surface area contributed by atoms with Crippen LogP contribution in [0.15, 0.2) is 72.9 Å². The smallest absolute Gasteiger partial charge is 0.154 e. The standard InChI is InChI=1S/C19H15N3O/c23-13-14-6-8-16(9-7-14)18-12-20-19-11-10-17(21-22(18)19)15-4-2-1-3-5-15/h1-12,23H,13H2. The molecule has 112 valence electrons. The second-order valence-corrected chi connectivity index (χ2v) is 5.35. The first-order chi connectivity index (χ1) is 11.3. The summed E-state index contributed by atoms with van der Waals surface area (Å²) in [5, 5.41) is 13.9. The van der Waals surface area contributed by atoms with Crippen LogP contribution in [0.4, 0.5) is 0 Å². The lowest BCUT2D eigenvalue weighted by Crippen LogP contribution is -1.96. The number of nitrogens with zero attached hydrogens (tertiary/aromatic N) is 3. The molecule has 2 aromatic heterocycles. The summed E-state index contributed by atoms with van der Waals surface area (Å²) in [4.78, 5) is 4.42. The molecule has 4 rings (SSSR count). The Kier molecular flexibility index (Phi) is 3.37. The number of aliphatic hydroxyl groups is 1. The Morgan fingerprint density at radius 3 is 2.35 bits per heavy atom. The molecule has 0 aliphatic rings. The monoisotopic (exact) mass is 301 g/mol. The maximum atomic E-state index is 9.16. The number of rotatable bonds is 3.